The van der Waals surface area contributed by atoms with E-state index in [-0.39, 0.29) is 11.1 Å². The summed E-state index contributed by atoms with van der Waals surface area (Å²) in [5.74, 6) is -1.08. The number of hydrogen-bond donors (Lipinski definition) is 0. The van der Waals surface area contributed by atoms with Gasteiger partial charge in [-0.25, -0.2) is 9.59 Å². The first kappa shape index (κ1) is 17.7. The van der Waals surface area contributed by atoms with Crippen molar-refractivity contribution in [2.45, 2.75) is 27.7 Å². The van der Waals surface area contributed by atoms with Crippen molar-refractivity contribution in [3.8, 4) is 11.1 Å². The molecule has 0 radical (unpaired) electrons. The van der Waals surface area contributed by atoms with Crippen molar-refractivity contribution >= 4 is 11.9 Å². The van der Waals surface area contributed by atoms with Crippen LogP contribution < -0.4 is 0 Å². The summed E-state index contributed by atoms with van der Waals surface area (Å²) in [6, 6.07) is 7.77. The summed E-state index contributed by atoms with van der Waals surface area (Å²) in [6.07, 6.45) is 0. The minimum Gasteiger partial charge on any atom is -0.465 e. The highest BCUT2D eigenvalue weighted by atomic mass is 16.5. The molecule has 0 saturated heterocycles. The van der Waals surface area contributed by atoms with E-state index < -0.39 is 11.9 Å². The number of hydrogen-bond acceptors (Lipinski definition) is 4. The van der Waals surface area contributed by atoms with Crippen LogP contribution in [0.25, 0.3) is 11.1 Å². The van der Waals surface area contributed by atoms with Gasteiger partial charge in [-0.3, -0.25) is 0 Å². The Bertz CT molecular complexity index is 819. The van der Waals surface area contributed by atoms with Gasteiger partial charge in [0, 0.05) is 5.56 Å². The highest BCUT2D eigenvalue weighted by Crippen LogP contribution is 2.37. The van der Waals surface area contributed by atoms with Gasteiger partial charge < -0.3 is 9.47 Å². The van der Waals surface area contributed by atoms with E-state index >= 15 is 0 Å². The van der Waals surface area contributed by atoms with Gasteiger partial charge in [-0.1, -0.05) is 24.3 Å². The number of aryl methyl sites for hydroxylation is 1. The fraction of sp³-hybridized carbons (Fsp3) is 0.300. The molecular formula is C20H22O4. The van der Waals surface area contributed by atoms with E-state index in [4.69, 9.17) is 9.47 Å². The second-order valence-corrected chi connectivity index (χ2v) is 5.80. The third-order valence-corrected chi connectivity index (χ3v) is 4.57. The largest absolute Gasteiger partial charge is 0.465 e. The molecule has 2 aromatic rings. The Kier molecular flexibility index (Phi) is 5.07. The Morgan fingerprint density at radius 3 is 1.83 bits per heavy atom. The lowest BCUT2D eigenvalue weighted by molar-refractivity contribution is 0.0555. The van der Waals surface area contributed by atoms with E-state index in [9.17, 15) is 9.59 Å². The maximum atomic E-state index is 12.5. The quantitative estimate of drug-likeness (QED) is 0.795. The fourth-order valence-electron chi connectivity index (χ4n) is 3.01. The lowest BCUT2D eigenvalue weighted by atomic mass is 9.84. The predicted molar refractivity (Wildman–Crippen MR) is 93.5 cm³/mol. The molecule has 2 aromatic carbocycles. The van der Waals surface area contributed by atoms with Crippen LogP contribution in [0.15, 0.2) is 24.3 Å². The smallest absolute Gasteiger partial charge is 0.339 e. The first-order valence-electron chi connectivity index (χ1n) is 7.71. The van der Waals surface area contributed by atoms with Gasteiger partial charge in [0.15, 0.2) is 0 Å². The van der Waals surface area contributed by atoms with Crippen LogP contribution in [0.5, 0.6) is 0 Å². The standard InChI is InChI=1S/C20H22O4/c1-11-9-7-8-10-15(11)16-13(3)12(2)14(4)17(19(21)23-5)18(16)20(22)24-6/h7-10H,1-6H3. The van der Waals surface area contributed by atoms with Crippen molar-refractivity contribution in [2.75, 3.05) is 14.2 Å². The maximum absolute atomic E-state index is 12.5. The zero-order chi connectivity index (χ0) is 18.0. The summed E-state index contributed by atoms with van der Waals surface area (Å²) in [4.78, 5) is 24.9. The SMILES string of the molecule is COC(=O)c1c(C)c(C)c(C)c(-c2ccccc2C)c1C(=O)OC. The Hall–Kier alpha value is -2.62. The molecule has 126 valence electrons. The second kappa shape index (κ2) is 6.87. The number of esters is 2. The molecule has 0 bridgehead atoms. The summed E-state index contributed by atoms with van der Waals surface area (Å²) < 4.78 is 9.90. The Balaban J connectivity index is 3.03. The molecule has 0 aliphatic carbocycles. The van der Waals surface area contributed by atoms with Gasteiger partial charge >= 0.3 is 11.9 Å². The van der Waals surface area contributed by atoms with E-state index in [0.717, 1.165) is 33.4 Å². The molecular weight excluding hydrogens is 304 g/mol. The predicted octanol–water partition coefficient (Wildman–Crippen LogP) is 4.16. The van der Waals surface area contributed by atoms with E-state index in [1.807, 2.05) is 52.0 Å². The normalized spacial score (nSPS) is 10.4. The van der Waals surface area contributed by atoms with Crippen LogP contribution in [0.3, 0.4) is 0 Å². The first-order chi connectivity index (χ1) is 11.3. The molecule has 0 aliphatic heterocycles. The Labute approximate surface area is 142 Å². The number of carbonyl (C=O) groups is 2. The molecule has 0 fully saturated rings. The van der Waals surface area contributed by atoms with Gasteiger partial charge in [-0.2, -0.15) is 0 Å². The second-order valence-electron chi connectivity index (χ2n) is 5.80. The van der Waals surface area contributed by atoms with E-state index in [2.05, 4.69) is 0 Å². The van der Waals surface area contributed by atoms with Gasteiger partial charge in [0.25, 0.3) is 0 Å². The molecule has 0 aromatic heterocycles. The van der Waals surface area contributed by atoms with Crippen LogP contribution in [0.4, 0.5) is 0 Å². The molecule has 0 N–H and O–H groups in total. The zero-order valence-electron chi connectivity index (χ0n) is 14.9. The summed E-state index contributed by atoms with van der Waals surface area (Å²) in [7, 11) is 2.63. The summed E-state index contributed by atoms with van der Waals surface area (Å²) in [5.41, 5.74) is 5.83. The van der Waals surface area contributed by atoms with Crippen LogP contribution in [0, 0.1) is 27.7 Å². The third-order valence-electron chi connectivity index (χ3n) is 4.57. The summed E-state index contributed by atoms with van der Waals surface area (Å²) in [6.45, 7) is 7.70. The molecule has 0 atom stereocenters. The molecule has 0 unspecified atom stereocenters. The molecule has 0 amide bonds. The monoisotopic (exact) mass is 326 g/mol. The molecule has 24 heavy (non-hydrogen) atoms. The first-order valence-corrected chi connectivity index (χ1v) is 7.71. The lowest BCUT2D eigenvalue weighted by Gasteiger charge is -2.21. The minimum absolute atomic E-state index is 0.263. The number of methoxy groups -OCH3 is 2. The van der Waals surface area contributed by atoms with Crippen molar-refractivity contribution in [1.82, 2.24) is 0 Å². The molecule has 4 heteroatoms. The number of ether oxygens (including phenoxy) is 2. The maximum Gasteiger partial charge on any atom is 0.339 e. The third kappa shape index (κ3) is 2.80. The molecule has 2 rings (SSSR count). The van der Waals surface area contributed by atoms with Crippen LogP contribution in [0.1, 0.15) is 43.0 Å². The van der Waals surface area contributed by atoms with Gasteiger partial charge in [0.2, 0.25) is 0 Å². The van der Waals surface area contributed by atoms with Crippen LogP contribution in [-0.2, 0) is 9.47 Å². The Morgan fingerprint density at radius 2 is 1.29 bits per heavy atom. The van der Waals surface area contributed by atoms with Crippen molar-refractivity contribution in [3.63, 3.8) is 0 Å². The van der Waals surface area contributed by atoms with Gasteiger partial charge in [-0.15, -0.1) is 0 Å². The van der Waals surface area contributed by atoms with Crippen LogP contribution >= 0.6 is 0 Å². The molecule has 0 saturated carbocycles. The highest BCUT2D eigenvalue weighted by molar-refractivity contribution is 6.10. The average molecular weight is 326 g/mol. The van der Waals surface area contributed by atoms with Gasteiger partial charge in [0.1, 0.15) is 0 Å². The van der Waals surface area contributed by atoms with Gasteiger partial charge in [-0.05, 0) is 55.5 Å². The van der Waals surface area contributed by atoms with Crippen LogP contribution in [0.2, 0.25) is 0 Å². The molecule has 0 spiro atoms. The average Bonchev–Trinajstić information content (AvgIpc) is 2.59. The zero-order valence-corrected chi connectivity index (χ0v) is 14.9. The highest BCUT2D eigenvalue weighted by Gasteiger charge is 2.29. The lowest BCUT2D eigenvalue weighted by Crippen LogP contribution is -2.17. The Morgan fingerprint density at radius 1 is 0.750 bits per heavy atom. The number of carbonyl (C=O) groups excluding carboxylic acids is 2. The molecule has 4 nitrogen and oxygen atoms in total. The summed E-state index contributed by atoms with van der Waals surface area (Å²) in [5, 5.41) is 0. The van der Waals surface area contributed by atoms with Crippen molar-refractivity contribution in [3.05, 3.63) is 57.6 Å². The van der Waals surface area contributed by atoms with Crippen molar-refractivity contribution in [2.24, 2.45) is 0 Å². The fourth-order valence-corrected chi connectivity index (χ4v) is 3.01. The summed E-state index contributed by atoms with van der Waals surface area (Å²) >= 11 is 0. The molecule has 0 aliphatic rings. The topological polar surface area (TPSA) is 52.6 Å². The van der Waals surface area contributed by atoms with Gasteiger partial charge in [0.05, 0.1) is 25.3 Å². The molecule has 0 heterocycles. The van der Waals surface area contributed by atoms with Crippen LogP contribution in [-0.4, -0.2) is 26.2 Å². The number of benzene rings is 2. The van der Waals surface area contributed by atoms with Crippen molar-refractivity contribution in [1.29, 1.82) is 0 Å². The minimum atomic E-state index is -0.542. The number of rotatable bonds is 3. The van der Waals surface area contributed by atoms with E-state index in [1.165, 1.54) is 14.2 Å². The van der Waals surface area contributed by atoms with E-state index in [1.54, 1.807) is 0 Å². The van der Waals surface area contributed by atoms with Crippen molar-refractivity contribution < 1.29 is 19.1 Å². The van der Waals surface area contributed by atoms with E-state index in [0.29, 0.717) is 0 Å².